The summed E-state index contributed by atoms with van der Waals surface area (Å²) in [6.07, 6.45) is -0.362. The Bertz CT molecular complexity index is 149. The van der Waals surface area contributed by atoms with Crippen molar-refractivity contribution in [1.82, 2.24) is 0 Å². The number of nitrogens with two attached hydrogens (primary N) is 2. The van der Waals surface area contributed by atoms with Crippen LogP contribution in [0.3, 0.4) is 0 Å². The fourth-order valence-corrected chi connectivity index (χ4v) is 0.288. The molecule has 5 heteroatoms. The van der Waals surface area contributed by atoms with Gasteiger partial charge in [0.1, 0.15) is 7.45 Å². The summed E-state index contributed by atoms with van der Waals surface area (Å²) in [5.41, 5.74) is 6.36. The standard InChI is InChI=1S/C4H8N2O3/c5-2(4(8)9)1-3(6)7/h2H,1,5H2,(H2,6,7)(H,8,9)/t2-/m0/s1/i/hD. The molecule has 0 aliphatic heterocycles. The van der Waals surface area contributed by atoms with Gasteiger partial charge < -0.3 is 16.6 Å². The van der Waals surface area contributed by atoms with Crippen LogP contribution in [-0.4, -0.2) is 23.0 Å². The van der Waals surface area contributed by atoms with Gasteiger partial charge >= 0.3 is 5.97 Å². The maximum absolute atomic E-state index is 10.1. The molecule has 0 aromatic rings. The summed E-state index contributed by atoms with van der Waals surface area (Å²) in [5, 5.41) is 8.23. The lowest BCUT2D eigenvalue weighted by Crippen LogP contribution is -2.34. The molecular formula is C4H8N2O3. The van der Waals surface area contributed by atoms with Crippen LogP contribution in [-0.2, 0) is 9.59 Å². The lowest BCUT2D eigenvalue weighted by atomic mass is 10.2. The van der Waals surface area contributed by atoms with Crippen molar-refractivity contribution >= 4 is 11.9 Å². The van der Waals surface area contributed by atoms with Crippen LogP contribution in [0.5, 0.6) is 0 Å². The smallest absolute Gasteiger partial charge is 0.321 e. The van der Waals surface area contributed by atoms with Crippen LogP contribution in [0.25, 0.3) is 0 Å². The van der Waals surface area contributed by atoms with Gasteiger partial charge in [0.05, 0.1) is 6.42 Å². The highest BCUT2D eigenvalue weighted by Gasteiger charge is 2.13. The summed E-state index contributed by atoms with van der Waals surface area (Å²) in [6.45, 7) is 0. The van der Waals surface area contributed by atoms with Gasteiger partial charge in [0.25, 0.3) is 0 Å². The molecule has 0 radical (unpaired) electrons. The minimum atomic E-state index is -1.26. The quantitative estimate of drug-likeness (QED) is 0.423. The Balaban J connectivity index is 3.83. The predicted octanol–water partition coefficient (Wildman–Crippen LogP) is -1.73. The molecular weight excluding hydrogens is 124 g/mol. The molecule has 52 valence electrons. The molecule has 0 spiro atoms. The van der Waals surface area contributed by atoms with Crippen LogP contribution in [0.1, 0.15) is 6.42 Å². The van der Waals surface area contributed by atoms with Crippen molar-refractivity contribution in [3.8, 4) is 0 Å². The number of amides is 1. The van der Waals surface area contributed by atoms with Crippen molar-refractivity contribution in [3.63, 3.8) is 0 Å². The highest BCUT2D eigenvalue weighted by atomic mass is 16.4. The van der Waals surface area contributed by atoms with E-state index in [2.05, 4.69) is 5.73 Å². The second kappa shape index (κ2) is 3.03. The van der Waals surface area contributed by atoms with Crippen LogP contribution in [0.2, 0.25) is 1.41 Å². The number of rotatable bonds is 4. The van der Waals surface area contributed by atoms with Crippen molar-refractivity contribution < 1.29 is 16.1 Å². The molecule has 5 N–H and O–H groups in total. The number of carbonyl (C=O) groups excluding carboxylic acids is 1. The van der Waals surface area contributed by atoms with Crippen molar-refractivity contribution in [1.29, 1.82) is 0 Å². The average molecular weight is 133 g/mol. The zero-order valence-corrected chi connectivity index (χ0v) is 4.63. The lowest BCUT2D eigenvalue weighted by Gasteiger charge is -1.99. The maximum Gasteiger partial charge on any atom is 0.321 e. The molecule has 0 saturated heterocycles. The van der Waals surface area contributed by atoms with Crippen LogP contribution in [0.4, 0.5) is 0 Å². The summed E-state index contributed by atoms with van der Waals surface area (Å²) < 4.78 is 6.45. The number of carbonyl (C=O) groups is 2. The molecule has 0 unspecified atom stereocenters. The SMILES string of the molecule is [2H]N[C@@H](CC(N)=O)C(=O)O. The Hall–Kier alpha value is -1.10. The molecule has 0 heterocycles. The first-order valence-corrected chi connectivity index (χ1v) is 2.26. The second-order valence-corrected chi connectivity index (χ2v) is 1.56. The van der Waals surface area contributed by atoms with E-state index in [0.29, 0.717) is 0 Å². The molecule has 1 atom stereocenters. The number of hydrogen-bond acceptors (Lipinski definition) is 3. The van der Waals surface area contributed by atoms with Gasteiger partial charge in [-0.05, 0) is 0 Å². The topological polar surface area (TPSA) is 106 Å². The Morgan fingerprint density at radius 2 is 2.33 bits per heavy atom. The van der Waals surface area contributed by atoms with Crippen molar-refractivity contribution in [2.75, 3.05) is 0 Å². The van der Waals surface area contributed by atoms with Crippen molar-refractivity contribution in [2.24, 2.45) is 11.5 Å². The molecule has 1 amide bonds. The van der Waals surface area contributed by atoms with Gasteiger partial charge in [-0.25, -0.2) is 0 Å². The van der Waals surface area contributed by atoms with Gasteiger partial charge in [-0.1, -0.05) is 0 Å². The third-order valence-corrected chi connectivity index (χ3v) is 0.703. The fraction of sp³-hybridized carbons (Fsp3) is 0.500. The molecule has 0 aliphatic carbocycles. The minimum Gasteiger partial charge on any atom is -0.480 e. The number of hydrogen-bond donors (Lipinski definition) is 3. The minimum absolute atomic E-state index is 0.362. The fourth-order valence-electron chi connectivity index (χ4n) is 0.288. The zero-order valence-electron chi connectivity index (χ0n) is 5.63. The van der Waals surface area contributed by atoms with E-state index in [1.54, 1.807) is 5.73 Å². The molecule has 9 heavy (non-hydrogen) atoms. The first-order chi connectivity index (χ1) is 4.57. The van der Waals surface area contributed by atoms with Gasteiger partial charge in [-0.2, -0.15) is 0 Å². The van der Waals surface area contributed by atoms with E-state index in [1.807, 2.05) is 0 Å². The molecule has 0 saturated carbocycles. The van der Waals surface area contributed by atoms with E-state index in [4.69, 9.17) is 6.52 Å². The summed E-state index contributed by atoms with van der Waals surface area (Å²) in [4.78, 5) is 20.2. The third kappa shape index (κ3) is 3.48. The monoisotopic (exact) mass is 133 g/mol. The summed E-state index contributed by atoms with van der Waals surface area (Å²) >= 11 is 0. The van der Waals surface area contributed by atoms with E-state index in [1.165, 1.54) is 0 Å². The second-order valence-electron chi connectivity index (χ2n) is 1.56. The number of carboxylic acid groups (broad SMARTS) is 1. The number of aliphatic carboxylic acids is 1. The largest absolute Gasteiger partial charge is 0.480 e. The normalized spacial score (nSPS) is 14.0. The molecule has 0 aromatic heterocycles. The maximum atomic E-state index is 10.1. The van der Waals surface area contributed by atoms with Gasteiger partial charge in [-0.15, -0.1) is 0 Å². The molecule has 0 aliphatic rings. The summed E-state index contributed by atoms with van der Waals surface area (Å²) in [7, 11) is 0. The first kappa shape index (κ1) is 6.03. The molecule has 0 aromatic carbocycles. The van der Waals surface area contributed by atoms with E-state index in [0.717, 1.165) is 0 Å². The molecule has 5 nitrogen and oxygen atoms in total. The predicted molar refractivity (Wildman–Crippen MR) is 29.4 cm³/mol. The highest BCUT2D eigenvalue weighted by Crippen LogP contribution is 1.84. The third-order valence-electron chi connectivity index (χ3n) is 0.703. The number of carboxylic acids is 1. The molecule has 0 fully saturated rings. The van der Waals surface area contributed by atoms with Gasteiger partial charge in [0.15, 0.2) is 0 Å². The molecule has 0 bridgehead atoms. The van der Waals surface area contributed by atoms with Crippen LogP contribution in [0, 0.1) is 0 Å². The van der Waals surface area contributed by atoms with E-state index < -0.39 is 17.9 Å². The van der Waals surface area contributed by atoms with Crippen LogP contribution >= 0.6 is 0 Å². The van der Waals surface area contributed by atoms with E-state index >= 15 is 0 Å². The van der Waals surface area contributed by atoms with E-state index in [-0.39, 0.29) is 6.42 Å². The van der Waals surface area contributed by atoms with Crippen LogP contribution in [0.15, 0.2) is 0 Å². The number of primary amides is 1. The average Bonchev–Trinajstić information content (AvgIpc) is 1.81. The zero-order chi connectivity index (χ0) is 8.15. The van der Waals surface area contributed by atoms with Crippen molar-refractivity contribution in [2.45, 2.75) is 12.5 Å². The first-order valence-electron chi connectivity index (χ1n) is 2.76. The Labute approximate surface area is 53.1 Å². The molecule has 0 rings (SSSR count). The Kier molecular flexibility index (Phi) is 2.03. The summed E-state index contributed by atoms with van der Waals surface area (Å²) in [6, 6.07) is -1.20. The van der Waals surface area contributed by atoms with Gasteiger partial charge in [0.2, 0.25) is 5.91 Å². The lowest BCUT2D eigenvalue weighted by molar-refractivity contribution is -0.140. The Morgan fingerprint density at radius 1 is 1.78 bits per heavy atom. The van der Waals surface area contributed by atoms with E-state index in [9.17, 15) is 9.59 Å². The highest BCUT2D eigenvalue weighted by molar-refractivity contribution is 5.82. The van der Waals surface area contributed by atoms with Gasteiger partial charge in [-0.3, -0.25) is 9.59 Å². The Morgan fingerprint density at radius 3 is 2.44 bits per heavy atom. The van der Waals surface area contributed by atoms with Gasteiger partial charge in [0, 0.05) is 0 Å². The van der Waals surface area contributed by atoms with Crippen LogP contribution < -0.4 is 11.5 Å². The summed E-state index contributed by atoms with van der Waals surface area (Å²) in [5.74, 6) is -2.00. The van der Waals surface area contributed by atoms with Crippen molar-refractivity contribution in [3.05, 3.63) is 0 Å².